The molecule has 3 N–H and O–H groups in total. The van der Waals surface area contributed by atoms with Crippen molar-refractivity contribution < 1.29 is 13.2 Å². The normalized spacial score (nSPS) is 11.5. The molecule has 1 aromatic rings. The van der Waals surface area contributed by atoms with Gasteiger partial charge in [0.25, 0.3) is 0 Å². The second-order valence-electron chi connectivity index (χ2n) is 4.44. The number of sulfonamides is 1. The van der Waals surface area contributed by atoms with Crippen LogP contribution in [0.15, 0.2) is 23.1 Å². The Morgan fingerprint density at radius 1 is 1.40 bits per heavy atom. The van der Waals surface area contributed by atoms with Crippen LogP contribution in [0, 0.1) is 6.92 Å². The fourth-order valence-electron chi connectivity index (χ4n) is 1.70. The van der Waals surface area contributed by atoms with Crippen molar-refractivity contribution >= 4 is 27.2 Å². The first kappa shape index (κ1) is 17.0. The molecule has 0 unspecified atom stereocenters. The Kier molecular flexibility index (Phi) is 6.54. The lowest BCUT2D eigenvalue weighted by atomic mass is 10.1. The first-order valence-electron chi connectivity index (χ1n) is 6.27. The first-order chi connectivity index (χ1) is 9.38. The van der Waals surface area contributed by atoms with Crippen molar-refractivity contribution in [3.8, 4) is 0 Å². The largest absolute Gasteiger partial charge is 0.389 e. The number of ether oxygens (including phenoxy) is 1. The van der Waals surface area contributed by atoms with Crippen LogP contribution in [0.2, 0.25) is 0 Å². The van der Waals surface area contributed by atoms with E-state index in [0.717, 1.165) is 12.8 Å². The van der Waals surface area contributed by atoms with Gasteiger partial charge in [-0.05, 0) is 31.4 Å². The minimum atomic E-state index is -3.54. The molecule has 7 heteroatoms. The molecule has 0 radical (unpaired) electrons. The summed E-state index contributed by atoms with van der Waals surface area (Å²) in [6.07, 6.45) is 1.53. The maximum absolute atomic E-state index is 12.2. The number of thiocarbonyl (C=S) groups is 1. The highest BCUT2D eigenvalue weighted by Crippen LogP contribution is 2.17. The van der Waals surface area contributed by atoms with Crippen LogP contribution in [0.5, 0.6) is 0 Å². The lowest BCUT2D eigenvalue weighted by Gasteiger charge is -2.10. The Bertz CT molecular complexity index is 571. The van der Waals surface area contributed by atoms with Gasteiger partial charge >= 0.3 is 0 Å². The van der Waals surface area contributed by atoms with Gasteiger partial charge in [-0.3, -0.25) is 0 Å². The summed E-state index contributed by atoms with van der Waals surface area (Å²) >= 11 is 4.87. The fraction of sp³-hybridized carbons (Fsp3) is 0.462. The highest BCUT2D eigenvalue weighted by Gasteiger charge is 2.17. The van der Waals surface area contributed by atoms with Crippen LogP contribution in [0.1, 0.15) is 24.0 Å². The molecule has 5 nitrogen and oxygen atoms in total. The summed E-state index contributed by atoms with van der Waals surface area (Å²) < 4.78 is 32.0. The van der Waals surface area contributed by atoms with Crippen molar-refractivity contribution in [2.75, 3.05) is 20.3 Å². The summed E-state index contributed by atoms with van der Waals surface area (Å²) in [5.74, 6) is 0. The Morgan fingerprint density at radius 2 is 2.10 bits per heavy atom. The Morgan fingerprint density at radius 3 is 2.70 bits per heavy atom. The Hall–Kier alpha value is -1.02. The second kappa shape index (κ2) is 7.68. The number of nitrogens with two attached hydrogens (primary N) is 1. The molecule has 0 aliphatic heterocycles. The summed E-state index contributed by atoms with van der Waals surface area (Å²) in [7, 11) is -1.92. The van der Waals surface area contributed by atoms with Gasteiger partial charge in [-0.1, -0.05) is 24.4 Å². The van der Waals surface area contributed by atoms with Crippen LogP contribution in [0.25, 0.3) is 0 Å². The lowest BCUT2D eigenvalue weighted by molar-refractivity contribution is 0.193. The molecule has 0 aliphatic carbocycles. The molecule has 0 aliphatic rings. The quantitative estimate of drug-likeness (QED) is 0.559. The van der Waals surface area contributed by atoms with Crippen molar-refractivity contribution in [3.63, 3.8) is 0 Å². The number of rotatable bonds is 8. The molecular formula is C13H20N2O3S2. The van der Waals surface area contributed by atoms with E-state index >= 15 is 0 Å². The maximum atomic E-state index is 12.2. The third-order valence-corrected chi connectivity index (χ3v) is 4.67. The van der Waals surface area contributed by atoms with E-state index < -0.39 is 10.0 Å². The molecule has 0 amide bonds. The van der Waals surface area contributed by atoms with E-state index in [4.69, 9.17) is 22.7 Å². The van der Waals surface area contributed by atoms with Crippen molar-refractivity contribution in [2.45, 2.75) is 24.7 Å². The number of nitrogens with one attached hydrogen (secondary N) is 1. The van der Waals surface area contributed by atoms with Crippen molar-refractivity contribution in [1.29, 1.82) is 0 Å². The van der Waals surface area contributed by atoms with Crippen molar-refractivity contribution in [1.82, 2.24) is 4.72 Å². The molecule has 0 atom stereocenters. The third-order valence-electron chi connectivity index (χ3n) is 2.83. The standard InChI is InChI=1S/C13H20N2O3S2/c1-10-5-6-11(13(14)19)9-12(10)20(16,17)15-7-3-4-8-18-2/h5-6,9,15H,3-4,7-8H2,1-2H3,(H2,14,19). The average molecular weight is 316 g/mol. The minimum absolute atomic E-state index is 0.182. The molecule has 112 valence electrons. The van der Waals surface area contributed by atoms with Gasteiger partial charge in [0.1, 0.15) is 4.99 Å². The third kappa shape index (κ3) is 4.82. The molecule has 0 aromatic heterocycles. The van der Waals surface area contributed by atoms with Gasteiger partial charge in [0, 0.05) is 25.8 Å². The highest BCUT2D eigenvalue weighted by molar-refractivity contribution is 7.89. The number of methoxy groups -OCH3 is 1. The number of unbranched alkanes of at least 4 members (excludes halogenated alkanes) is 1. The predicted molar refractivity (Wildman–Crippen MR) is 83.4 cm³/mol. The Labute approximate surface area is 125 Å². The van der Waals surface area contributed by atoms with Gasteiger partial charge in [-0.15, -0.1) is 0 Å². The molecule has 0 heterocycles. The molecule has 0 saturated carbocycles. The summed E-state index contributed by atoms with van der Waals surface area (Å²) in [6.45, 7) is 2.74. The van der Waals surface area contributed by atoms with E-state index in [2.05, 4.69) is 4.72 Å². The maximum Gasteiger partial charge on any atom is 0.240 e. The zero-order valence-electron chi connectivity index (χ0n) is 11.7. The SMILES string of the molecule is COCCCCNS(=O)(=O)c1cc(C(N)=S)ccc1C. The predicted octanol–water partition coefficient (Wildman–Crippen LogP) is 1.33. The van der Waals surface area contributed by atoms with Crippen molar-refractivity contribution in [3.05, 3.63) is 29.3 Å². The summed E-state index contributed by atoms with van der Waals surface area (Å²) in [6, 6.07) is 4.93. The number of aryl methyl sites for hydroxylation is 1. The van der Waals surface area contributed by atoms with Gasteiger partial charge in [0.2, 0.25) is 10.0 Å². The number of benzene rings is 1. The van der Waals surface area contributed by atoms with Crippen LogP contribution < -0.4 is 10.5 Å². The zero-order chi connectivity index (χ0) is 15.2. The fourth-order valence-corrected chi connectivity index (χ4v) is 3.17. The van der Waals surface area contributed by atoms with E-state index in [1.807, 2.05) is 0 Å². The highest BCUT2D eigenvalue weighted by atomic mass is 32.2. The molecule has 1 rings (SSSR count). The number of hydrogen-bond donors (Lipinski definition) is 2. The first-order valence-corrected chi connectivity index (χ1v) is 8.16. The van der Waals surface area contributed by atoms with Gasteiger partial charge in [-0.25, -0.2) is 13.1 Å². The minimum Gasteiger partial charge on any atom is -0.389 e. The molecular weight excluding hydrogens is 296 g/mol. The molecule has 0 saturated heterocycles. The van der Waals surface area contributed by atoms with E-state index in [0.29, 0.717) is 24.3 Å². The van der Waals surface area contributed by atoms with Crippen LogP contribution >= 0.6 is 12.2 Å². The van der Waals surface area contributed by atoms with E-state index in [1.54, 1.807) is 26.2 Å². The Balaban J connectivity index is 2.81. The molecule has 0 bridgehead atoms. The average Bonchev–Trinajstić information content (AvgIpc) is 2.38. The summed E-state index contributed by atoms with van der Waals surface area (Å²) in [4.78, 5) is 0.399. The second-order valence-corrected chi connectivity index (χ2v) is 6.62. The van der Waals surface area contributed by atoms with E-state index in [9.17, 15) is 8.42 Å². The van der Waals surface area contributed by atoms with Crippen molar-refractivity contribution in [2.24, 2.45) is 5.73 Å². The van der Waals surface area contributed by atoms with Crippen LogP contribution in [0.4, 0.5) is 0 Å². The van der Waals surface area contributed by atoms with Crippen LogP contribution in [0.3, 0.4) is 0 Å². The van der Waals surface area contributed by atoms with Gasteiger partial charge in [0.15, 0.2) is 0 Å². The van der Waals surface area contributed by atoms with Crippen LogP contribution in [-0.4, -0.2) is 33.7 Å². The van der Waals surface area contributed by atoms with E-state index in [-0.39, 0.29) is 9.88 Å². The van der Waals surface area contributed by atoms with Gasteiger partial charge in [0.05, 0.1) is 4.90 Å². The summed E-state index contributed by atoms with van der Waals surface area (Å²) in [5, 5.41) is 0. The molecule has 1 aromatic carbocycles. The molecule has 0 spiro atoms. The number of hydrogen-bond acceptors (Lipinski definition) is 4. The van der Waals surface area contributed by atoms with Gasteiger partial charge < -0.3 is 10.5 Å². The molecule has 20 heavy (non-hydrogen) atoms. The lowest BCUT2D eigenvalue weighted by Crippen LogP contribution is -2.26. The van der Waals surface area contributed by atoms with Gasteiger partial charge in [-0.2, -0.15) is 0 Å². The van der Waals surface area contributed by atoms with Crippen LogP contribution in [-0.2, 0) is 14.8 Å². The van der Waals surface area contributed by atoms with E-state index in [1.165, 1.54) is 6.07 Å². The smallest absolute Gasteiger partial charge is 0.240 e. The zero-order valence-corrected chi connectivity index (χ0v) is 13.3. The topological polar surface area (TPSA) is 81.4 Å². The summed E-state index contributed by atoms with van der Waals surface area (Å²) in [5.41, 5.74) is 6.74. The molecule has 0 fully saturated rings. The monoisotopic (exact) mass is 316 g/mol.